The highest BCUT2D eigenvalue weighted by molar-refractivity contribution is 6.36. The van der Waals surface area contributed by atoms with Gasteiger partial charge in [-0.3, -0.25) is 9.59 Å². The molecule has 0 saturated carbocycles. The van der Waals surface area contributed by atoms with Crippen molar-refractivity contribution in [1.82, 2.24) is 5.32 Å². The van der Waals surface area contributed by atoms with Crippen molar-refractivity contribution in [3.63, 3.8) is 0 Å². The summed E-state index contributed by atoms with van der Waals surface area (Å²) in [4.78, 5) is 24.8. The van der Waals surface area contributed by atoms with Gasteiger partial charge >= 0.3 is 0 Å². The molecule has 0 aliphatic heterocycles. The minimum atomic E-state index is -0.293. The van der Waals surface area contributed by atoms with Gasteiger partial charge in [-0.1, -0.05) is 48.3 Å². The Balaban J connectivity index is 2.15. The third-order valence-corrected chi connectivity index (χ3v) is 4.54. The Hall–Kier alpha value is -2.04. The number of rotatable bonds is 6. The Morgan fingerprint density at radius 3 is 2.32 bits per heavy atom. The molecule has 6 heteroatoms. The summed E-state index contributed by atoms with van der Waals surface area (Å²) in [6, 6.07) is 12.0. The third-order valence-electron chi connectivity index (χ3n) is 3.83. The van der Waals surface area contributed by atoms with Gasteiger partial charge in [-0.25, -0.2) is 0 Å². The first-order valence-corrected chi connectivity index (χ1v) is 8.80. The van der Waals surface area contributed by atoms with Gasteiger partial charge in [0.2, 0.25) is 5.91 Å². The van der Waals surface area contributed by atoms with E-state index in [0.717, 1.165) is 6.42 Å². The van der Waals surface area contributed by atoms with Crippen LogP contribution in [0.4, 0.5) is 5.69 Å². The quantitative estimate of drug-likeness (QED) is 0.764. The van der Waals surface area contributed by atoms with Gasteiger partial charge in [0.15, 0.2) is 0 Å². The highest BCUT2D eigenvalue weighted by Gasteiger charge is 2.16. The number of carbonyl (C=O) groups is 2. The summed E-state index contributed by atoms with van der Waals surface area (Å²) >= 11 is 12.2. The predicted molar refractivity (Wildman–Crippen MR) is 102 cm³/mol. The minimum Gasteiger partial charge on any atom is -0.350 e. The monoisotopic (exact) mass is 378 g/mol. The minimum absolute atomic E-state index is 0.0276. The number of benzene rings is 2. The average molecular weight is 379 g/mol. The molecule has 2 aromatic rings. The number of hydrogen-bond acceptors (Lipinski definition) is 2. The van der Waals surface area contributed by atoms with E-state index in [9.17, 15) is 9.59 Å². The first kappa shape index (κ1) is 19.3. The molecule has 25 heavy (non-hydrogen) atoms. The maximum absolute atomic E-state index is 12.4. The molecule has 2 aromatic carbocycles. The summed E-state index contributed by atoms with van der Waals surface area (Å²) in [5.41, 5.74) is 1.43. The number of amides is 2. The smallest absolute Gasteiger partial charge is 0.253 e. The lowest BCUT2D eigenvalue weighted by Crippen LogP contribution is -2.32. The van der Waals surface area contributed by atoms with Crippen LogP contribution in [0.2, 0.25) is 10.0 Å². The molecule has 0 spiro atoms. The molecule has 0 aliphatic carbocycles. The van der Waals surface area contributed by atoms with E-state index < -0.39 is 0 Å². The molecule has 132 valence electrons. The molecule has 0 fully saturated rings. The van der Waals surface area contributed by atoms with Gasteiger partial charge in [-0.2, -0.15) is 0 Å². The maximum Gasteiger partial charge on any atom is 0.253 e. The second-order valence-corrected chi connectivity index (χ2v) is 6.57. The fourth-order valence-electron chi connectivity index (χ4n) is 2.25. The zero-order valence-electron chi connectivity index (χ0n) is 14.1. The van der Waals surface area contributed by atoms with Gasteiger partial charge < -0.3 is 10.6 Å². The van der Waals surface area contributed by atoms with Crippen LogP contribution in [0.15, 0.2) is 42.5 Å². The van der Waals surface area contributed by atoms with Gasteiger partial charge in [0.05, 0.1) is 17.7 Å². The van der Waals surface area contributed by atoms with Gasteiger partial charge in [-0.05, 0) is 43.2 Å². The summed E-state index contributed by atoms with van der Waals surface area (Å²) in [7, 11) is 0. The molecule has 0 aromatic heterocycles. The number of anilines is 1. The number of carbonyl (C=O) groups excluding carboxylic acids is 2. The van der Waals surface area contributed by atoms with Crippen LogP contribution < -0.4 is 10.6 Å². The summed E-state index contributed by atoms with van der Waals surface area (Å²) < 4.78 is 0. The van der Waals surface area contributed by atoms with Gasteiger partial charge in [0, 0.05) is 16.1 Å². The van der Waals surface area contributed by atoms with Crippen molar-refractivity contribution in [2.45, 2.75) is 32.7 Å². The molecular weight excluding hydrogens is 359 g/mol. The second-order valence-electron chi connectivity index (χ2n) is 5.75. The van der Waals surface area contributed by atoms with E-state index in [1.54, 1.807) is 42.5 Å². The van der Waals surface area contributed by atoms with Crippen molar-refractivity contribution in [1.29, 1.82) is 0 Å². The lowest BCUT2D eigenvalue weighted by atomic mass is 10.1. The lowest BCUT2D eigenvalue weighted by molar-refractivity contribution is -0.115. The second kappa shape index (κ2) is 8.88. The van der Waals surface area contributed by atoms with Crippen molar-refractivity contribution in [3.8, 4) is 0 Å². The fraction of sp³-hybridized carbons (Fsp3) is 0.263. The lowest BCUT2D eigenvalue weighted by Gasteiger charge is -2.15. The Morgan fingerprint density at radius 2 is 1.68 bits per heavy atom. The van der Waals surface area contributed by atoms with Crippen LogP contribution in [0, 0.1) is 0 Å². The van der Waals surface area contributed by atoms with E-state index in [0.29, 0.717) is 26.9 Å². The van der Waals surface area contributed by atoms with E-state index in [4.69, 9.17) is 23.2 Å². The van der Waals surface area contributed by atoms with Gasteiger partial charge in [-0.15, -0.1) is 0 Å². The molecular formula is C19H20Cl2N2O2. The topological polar surface area (TPSA) is 58.2 Å². The third kappa shape index (κ3) is 5.21. The van der Waals surface area contributed by atoms with E-state index in [1.807, 2.05) is 13.8 Å². The number of para-hydroxylation sites is 1. The molecule has 1 atom stereocenters. The van der Waals surface area contributed by atoms with Crippen LogP contribution in [0.3, 0.4) is 0 Å². The van der Waals surface area contributed by atoms with E-state index in [2.05, 4.69) is 10.6 Å². The van der Waals surface area contributed by atoms with Crippen molar-refractivity contribution in [2.24, 2.45) is 0 Å². The maximum atomic E-state index is 12.4. The zero-order chi connectivity index (χ0) is 18.4. The molecule has 0 radical (unpaired) electrons. The van der Waals surface area contributed by atoms with Crippen LogP contribution in [0.1, 0.15) is 36.2 Å². The van der Waals surface area contributed by atoms with Crippen molar-refractivity contribution < 1.29 is 9.59 Å². The van der Waals surface area contributed by atoms with Crippen molar-refractivity contribution >= 4 is 40.7 Å². The largest absolute Gasteiger partial charge is 0.350 e. The van der Waals surface area contributed by atoms with Gasteiger partial charge in [0.1, 0.15) is 0 Å². The van der Waals surface area contributed by atoms with Crippen molar-refractivity contribution in [2.75, 3.05) is 5.32 Å². The molecule has 0 aliphatic rings. The summed E-state index contributed by atoms with van der Waals surface area (Å²) in [6.07, 6.45) is 0.852. The molecule has 0 bridgehead atoms. The fourth-order valence-corrected chi connectivity index (χ4v) is 2.78. The molecule has 2 N–H and O–H groups in total. The Kier molecular flexibility index (Phi) is 6.85. The molecule has 2 amide bonds. The molecule has 0 saturated heterocycles. The molecule has 4 nitrogen and oxygen atoms in total. The van der Waals surface area contributed by atoms with Gasteiger partial charge in [0.25, 0.3) is 5.91 Å². The Bertz CT molecular complexity index is 758. The highest BCUT2D eigenvalue weighted by Crippen LogP contribution is 2.25. The number of hydrogen-bond donors (Lipinski definition) is 2. The van der Waals surface area contributed by atoms with Crippen LogP contribution in [-0.4, -0.2) is 17.9 Å². The first-order valence-electron chi connectivity index (χ1n) is 8.05. The zero-order valence-corrected chi connectivity index (χ0v) is 15.6. The van der Waals surface area contributed by atoms with Crippen LogP contribution in [0.5, 0.6) is 0 Å². The normalized spacial score (nSPS) is 11.7. The average Bonchev–Trinajstić information content (AvgIpc) is 2.58. The summed E-state index contributed by atoms with van der Waals surface area (Å²) in [6.45, 7) is 3.92. The predicted octanol–water partition coefficient (Wildman–Crippen LogP) is 4.70. The van der Waals surface area contributed by atoms with E-state index in [1.165, 1.54) is 0 Å². The van der Waals surface area contributed by atoms with Crippen molar-refractivity contribution in [3.05, 3.63) is 63.6 Å². The standard InChI is InChI=1S/C19H20Cl2N2O2/c1-3-12(2)22-19(25)13-7-4-5-10-17(13)23-18(24)11-14-15(20)8-6-9-16(14)21/h4-10,12H,3,11H2,1-2H3,(H,22,25)(H,23,24). The summed E-state index contributed by atoms with van der Waals surface area (Å²) in [5, 5.41) is 6.53. The SMILES string of the molecule is CCC(C)NC(=O)c1ccccc1NC(=O)Cc1c(Cl)cccc1Cl. The Labute approximate surface area is 157 Å². The van der Waals surface area contributed by atoms with Crippen LogP contribution in [-0.2, 0) is 11.2 Å². The Morgan fingerprint density at radius 1 is 1.04 bits per heavy atom. The van der Waals surface area contributed by atoms with E-state index in [-0.39, 0.29) is 24.3 Å². The first-order chi connectivity index (χ1) is 11.9. The molecule has 0 heterocycles. The highest BCUT2D eigenvalue weighted by atomic mass is 35.5. The molecule has 2 rings (SSSR count). The molecule has 1 unspecified atom stereocenters. The van der Waals surface area contributed by atoms with E-state index >= 15 is 0 Å². The summed E-state index contributed by atoms with van der Waals surface area (Å²) in [5.74, 6) is -0.514. The van der Waals surface area contributed by atoms with Crippen LogP contribution in [0.25, 0.3) is 0 Å². The number of halogens is 2. The van der Waals surface area contributed by atoms with Crippen LogP contribution >= 0.6 is 23.2 Å². The number of nitrogens with one attached hydrogen (secondary N) is 2.